The van der Waals surface area contributed by atoms with Gasteiger partial charge in [0.1, 0.15) is 6.04 Å². The zero-order valence-electron chi connectivity index (χ0n) is 22.4. The van der Waals surface area contributed by atoms with E-state index >= 15 is 0 Å². The van der Waals surface area contributed by atoms with E-state index in [1.54, 1.807) is 58.0 Å². The topological polar surface area (TPSA) is 87.1 Å². The molecule has 39 heavy (non-hydrogen) atoms. The Balaban J connectivity index is 1.64. The van der Waals surface area contributed by atoms with Gasteiger partial charge < -0.3 is 19.6 Å². The normalized spacial score (nSPS) is 26.9. The molecule has 1 spiro atoms. The zero-order chi connectivity index (χ0) is 28.0. The van der Waals surface area contributed by atoms with Gasteiger partial charge in [-0.25, -0.2) is 0 Å². The van der Waals surface area contributed by atoms with Gasteiger partial charge in [-0.1, -0.05) is 36.6 Å². The third-order valence-corrected chi connectivity index (χ3v) is 10.3. The number of anilines is 1. The van der Waals surface area contributed by atoms with Crippen molar-refractivity contribution in [3.8, 4) is 0 Å². The molecular weight excluding hydrogens is 536 g/mol. The van der Waals surface area contributed by atoms with E-state index in [0.29, 0.717) is 49.7 Å². The number of hydrogen-bond acceptors (Lipinski definition) is 6. The molecule has 0 aliphatic carbocycles. The molecule has 5 atom stereocenters. The van der Waals surface area contributed by atoms with E-state index in [2.05, 4.69) is 13.2 Å². The number of esters is 1. The third-order valence-electron chi connectivity index (χ3n) is 8.13. The maximum absolute atomic E-state index is 14.4. The number of hydrogen-bond donors (Lipinski definition) is 1. The number of ether oxygens (including phenoxy) is 1. The van der Waals surface area contributed by atoms with E-state index in [1.165, 1.54) is 0 Å². The van der Waals surface area contributed by atoms with E-state index < -0.39 is 22.6 Å². The molecule has 1 aromatic rings. The van der Waals surface area contributed by atoms with E-state index in [9.17, 15) is 14.4 Å². The largest absolute Gasteiger partial charge is 0.465 e. The number of rotatable bonds is 15. The van der Waals surface area contributed by atoms with Gasteiger partial charge in [-0.3, -0.25) is 14.4 Å². The van der Waals surface area contributed by atoms with Crippen LogP contribution in [0.2, 0.25) is 5.02 Å². The number of carbonyl (C=O) groups is 3. The summed E-state index contributed by atoms with van der Waals surface area (Å²) in [7, 11) is 0. The highest BCUT2D eigenvalue weighted by Gasteiger charge is 2.74. The van der Waals surface area contributed by atoms with Crippen molar-refractivity contribution in [3.05, 3.63) is 54.6 Å². The molecular formula is C30H39ClN2O5S. The molecule has 0 aromatic heterocycles. The van der Waals surface area contributed by atoms with Gasteiger partial charge in [0, 0.05) is 35.7 Å². The fraction of sp³-hybridized carbons (Fsp3) is 0.567. The fourth-order valence-electron chi connectivity index (χ4n) is 6.41. The number of thioether (sulfide) groups is 1. The summed E-state index contributed by atoms with van der Waals surface area (Å²) in [6.07, 6.45) is 9.55. The van der Waals surface area contributed by atoms with Crippen LogP contribution in [0.3, 0.4) is 0 Å². The van der Waals surface area contributed by atoms with Crippen LogP contribution in [0.1, 0.15) is 51.4 Å². The summed E-state index contributed by atoms with van der Waals surface area (Å²) in [6, 6.07) is 6.41. The lowest BCUT2D eigenvalue weighted by Crippen LogP contribution is -2.55. The lowest BCUT2D eigenvalue weighted by Gasteiger charge is -2.37. The number of aliphatic hydroxyl groups is 1. The van der Waals surface area contributed by atoms with Gasteiger partial charge in [-0.15, -0.1) is 24.9 Å². The van der Waals surface area contributed by atoms with Crippen molar-refractivity contribution in [2.75, 3.05) is 31.2 Å². The molecule has 3 heterocycles. The molecule has 7 nitrogen and oxygen atoms in total. The number of amides is 2. The minimum Gasteiger partial charge on any atom is -0.465 e. The summed E-state index contributed by atoms with van der Waals surface area (Å²) in [5.41, 5.74) is 0.690. The standard InChI is InChI=1S/C30H39ClN2O5S/c1-3-5-10-20-38-29(37)24-23-15-16-30(39-23)25(24)27(35)33(18-8-6-7-9-19-34)26(30)28(36)32(17-4-2)22-13-11-21(31)12-14-22/h3-4,11-14,23-26,34H,1-2,5-10,15-20H2/t23-,24+,25+,26?,30?/m1/s1. The van der Waals surface area contributed by atoms with Gasteiger partial charge in [0.2, 0.25) is 5.91 Å². The molecule has 1 aromatic carbocycles. The molecule has 3 fully saturated rings. The number of unbranched alkanes of at least 4 members (excludes halogenated alkanes) is 4. The number of aliphatic hydroxyl groups excluding tert-OH is 1. The maximum Gasteiger partial charge on any atom is 0.310 e. The first-order valence-corrected chi connectivity index (χ1v) is 15.2. The Kier molecular flexibility index (Phi) is 10.2. The highest BCUT2D eigenvalue weighted by molar-refractivity contribution is 8.02. The van der Waals surface area contributed by atoms with Gasteiger partial charge in [0.15, 0.2) is 0 Å². The van der Waals surface area contributed by atoms with Gasteiger partial charge in [-0.05, 0) is 62.8 Å². The van der Waals surface area contributed by atoms with Crippen LogP contribution in [0, 0.1) is 11.8 Å². The lowest BCUT2D eigenvalue weighted by atomic mass is 9.71. The Morgan fingerprint density at radius 3 is 2.59 bits per heavy atom. The SMILES string of the molecule is C=CCCCOC(=O)[C@@H]1[C@H]2C(=O)N(CCCCCCO)C(C(=O)N(CC=C)c3ccc(Cl)cc3)C23CC[C@H]1S3. The summed E-state index contributed by atoms with van der Waals surface area (Å²) >= 11 is 7.76. The van der Waals surface area contributed by atoms with Crippen LogP contribution in [0.25, 0.3) is 0 Å². The van der Waals surface area contributed by atoms with Crippen LogP contribution >= 0.6 is 23.4 Å². The van der Waals surface area contributed by atoms with Crippen molar-refractivity contribution in [1.29, 1.82) is 0 Å². The Hall–Kier alpha value is -2.29. The Morgan fingerprint density at radius 1 is 1.15 bits per heavy atom. The molecule has 2 unspecified atom stereocenters. The van der Waals surface area contributed by atoms with Crippen molar-refractivity contribution in [2.45, 2.75) is 67.4 Å². The van der Waals surface area contributed by atoms with Crippen molar-refractivity contribution in [2.24, 2.45) is 11.8 Å². The maximum atomic E-state index is 14.4. The van der Waals surface area contributed by atoms with Gasteiger partial charge in [-0.2, -0.15) is 0 Å². The molecule has 2 amide bonds. The molecule has 2 bridgehead atoms. The van der Waals surface area contributed by atoms with Crippen molar-refractivity contribution >= 4 is 46.8 Å². The van der Waals surface area contributed by atoms with Gasteiger partial charge in [0.25, 0.3) is 5.91 Å². The Bertz CT molecular complexity index is 1070. The number of nitrogens with zero attached hydrogens (tertiary/aromatic N) is 2. The van der Waals surface area contributed by atoms with Crippen LogP contribution in [-0.4, -0.2) is 70.1 Å². The van der Waals surface area contributed by atoms with Crippen LogP contribution < -0.4 is 4.90 Å². The number of benzene rings is 1. The molecule has 0 saturated carbocycles. The average molecular weight is 575 g/mol. The van der Waals surface area contributed by atoms with Crippen LogP contribution in [0.4, 0.5) is 5.69 Å². The molecule has 3 aliphatic rings. The Morgan fingerprint density at radius 2 is 1.90 bits per heavy atom. The number of halogens is 1. The number of likely N-dealkylation sites (tertiary alicyclic amines) is 1. The second kappa shape index (κ2) is 13.4. The van der Waals surface area contributed by atoms with E-state index in [4.69, 9.17) is 21.4 Å². The van der Waals surface area contributed by atoms with Crippen LogP contribution in [0.15, 0.2) is 49.6 Å². The third kappa shape index (κ3) is 5.93. The summed E-state index contributed by atoms with van der Waals surface area (Å²) in [5, 5.41) is 9.68. The molecule has 0 radical (unpaired) electrons. The minimum atomic E-state index is -0.683. The summed E-state index contributed by atoms with van der Waals surface area (Å²) in [5.74, 6) is -1.72. The molecule has 3 aliphatic heterocycles. The van der Waals surface area contributed by atoms with Crippen molar-refractivity contribution in [3.63, 3.8) is 0 Å². The molecule has 3 saturated heterocycles. The summed E-state index contributed by atoms with van der Waals surface area (Å²) < 4.78 is 4.98. The first-order valence-electron chi connectivity index (χ1n) is 13.9. The first kappa shape index (κ1) is 29.7. The molecule has 4 rings (SSSR count). The second-order valence-corrected chi connectivity index (χ2v) is 12.6. The van der Waals surface area contributed by atoms with Crippen molar-refractivity contribution < 1.29 is 24.2 Å². The average Bonchev–Trinajstić information content (AvgIpc) is 3.57. The predicted molar refractivity (Wildman–Crippen MR) is 156 cm³/mol. The predicted octanol–water partition coefficient (Wildman–Crippen LogP) is 5.01. The molecule has 212 valence electrons. The second-order valence-electron chi connectivity index (χ2n) is 10.5. The number of carbonyl (C=O) groups excluding carboxylic acids is 3. The Labute approximate surface area is 240 Å². The van der Waals surface area contributed by atoms with Crippen LogP contribution in [0.5, 0.6) is 0 Å². The summed E-state index contributed by atoms with van der Waals surface area (Å²) in [4.78, 5) is 45.3. The zero-order valence-corrected chi connectivity index (χ0v) is 24.0. The van der Waals surface area contributed by atoms with E-state index in [-0.39, 0.29) is 29.6 Å². The van der Waals surface area contributed by atoms with Crippen LogP contribution in [-0.2, 0) is 19.1 Å². The summed E-state index contributed by atoms with van der Waals surface area (Å²) in [6.45, 7) is 8.74. The molecule has 1 N–H and O–H groups in total. The first-order chi connectivity index (χ1) is 18.9. The monoisotopic (exact) mass is 574 g/mol. The highest BCUT2D eigenvalue weighted by Crippen LogP contribution is 2.66. The van der Waals surface area contributed by atoms with Gasteiger partial charge in [0.05, 0.1) is 23.2 Å². The van der Waals surface area contributed by atoms with E-state index in [0.717, 1.165) is 32.1 Å². The van der Waals surface area contributed by atoms with Gasteiger partial charge >= 0.3 is 5.97 Å². The van der Waals surface area contributed by atoms with E-state index in [1.807, 2.05) is 0 Å². The number of allylic oxidation sites excluding steroid dienone is 1. The fourth-order valence-corrected chi connectivity index (χ4v) is 8.73. The highest BCUT2D eigenvalue weighted by atomic mass is 35.5. The molecule has 9 heteroatoms. The smallest absolute Gasteiger partial charge is 0.310 e. The minimum absolute atomic E-state index is 0.0313. The quantitative estimate of drug-likeness (QED) is 0.180. The number of fused-ring (bicyclic) bond motifs is 1. The van der Waals surface area contributed by atoms with Crippen molar-refractivity contribution in [1.82, 2.24) is 4.90 Å². The lowest BCUT2D eigenvalue weighted by molar-refractivity contribution is -0.154.